The first-order chi connectivity index (χ1) is 8.50. The molecule has 0 aromatic rings. The van der Waals surface area contributed by atoms with E-state index >= 15 is 0 Å². The molecule has 0 spiro atoms. The Morgan fingerprint density at radius 2 is 1.84 bits per heavy atom. The second-order valence-electron chi connectivity index (χ2n) is 5.80. The van der Waals surface area contributed by atoms with E-state index in [4.69, 9.17) is 11.6 Å². The Morgan fingerprint density at radius 1 is 1.32 bits per heavy atom. The fourth-order valence-electron chi connectivity index (χ4n) is 2.15. The lowest BCUT2D eigenvalue weighted by molar-refractivity contribution is -0.202. The molecule has 1 saturated heterocycles. The van der Waals surface area contributed by atoms with Crippen LogP contribution < -0.4 is 0 Å². The summed E-state index contributed by atoms with van der Waals surface area (Å²) in [5, 5.41) is 0. The maximum Gasteiger partial charge on any atom is 0.405 e. The normalized spacial score (nSPS) is 26.6. The van der Waals surface area contributed by atoms with Crippen LogP contribution in [0.4, 0.5) is 13.2 Å². The lowest BCUT2D eigenvalue weighted by Crippen LogP contribution is -2.63. The molecule has 0 N–H and O–H groups in total. The van der Waals surface area contributed by atoms with E-state index in [0.29, 0.717) is 6.54 Å². The monoisotopic (exact) mass is 300 g/mol. The number of hydrogen-bond acceptors (Lipinski definition) is 2. The molecule has 19 heavy (non-hydrogen) atoms. The van der Waals surface area contributed by atoms with Gasteiger partial charge in [0.15, 0.2) is 0 Å². The molecule has 1 aliphatic rings. The van der Waals surface area contributed by atoms with Gasteiger partial charge in [0.1, 0.15) is 6.04 Å². The largest absolute Gasteiger partial charge is 0.405 e. The van der Waals surface area contributed by atoms with Gasteiger partial charge in [0.25, 0.3) is 0 Å². The quantitative estimate of drug-likeness (QED) is 0.731. The molecule has 112 valence electrons. The van der Waals surface area contributed by atoms with Gasteiger partial charge in [0, 0.05) is 25.0 Å². The third-order valence-corrected chi connectivity index (χ3v) is 4.31. The Labute approximate surface area is 116 Å². The molecule has 0 saturated carbocycles. The van der Waals surface area contributed by atoms with E-state index in [2.05, 4.69) is 0 Å². The second-order valence-corrected chi connectivity index (χ2v) is 6.07. The Balaban J connectivity index is 2.92. The van der Waals surface area contributed by atoms with Crippen LogP contribution in [0, 0.1) is 5.41 Å². The van der Waals surface area contributed by atoms with Crippen LogP contribution in [0.2, 0.25) is 0 Å². The van der Waals surface area contributed by atoms with E-state index in [1.165, 1.54) is 16.8 Å². The lowest BCUT2D eigenvalue weighted by atomic mass is 9.93. The van der Waals surface area contributed by atoms with Crippen molar-refractivity contribution in [1.82, 2.24) is 9.80 Å². The summed E-state index contributed by atoms with van der Waals surface area (Å²) < 4.78 is 38.9. The zero-order valence-electron chi connectivity index (χ0n) is 11.6. The number of hydrogen-bond donors (Lipinski definition) is 0. The SMILES string of the molecule is CC1CN(C(=O)C(C)(C)CCl)CC(C(F)(F)F)N1C. The molecule has 2 atom stereocenters. The fraction of sp³-hybridized carbons (Fsp3) is 0.917. The minimum atomic E-state index is -4.34. The maximum absolute atomic E-state index is 13.0. The second kappa shape index (κ2) is 5.48. The first-order valence-electron chi connectivity index (χ1n) is 6.14. The third-order valence-electron chi connectivity index (χ3n) is 3.64. The van der Waals surface area contributed by atoms with Crippen LogP contribution in [0.1, 0.15) is 20.8 Å². The summed E-state index contributed by atoms with van der Waals surface area (Å²) in [6.07, 6.45) is -4.34. The molecule has 0 radical (unpaired) electrons. The highest BCUT2D eigenvalue weighted by Crippen LogP contribution is 2.31. The number of amides is 1. The van der Waals surface area contributed by atoms with Gasteiger partial charge in [0.2, 0.25) is 5.91 Å². The van der Waals surface area contributed by atoms with Crippen LogP contribution >= 0.6 is 11.6 Å². The third kappa shape index (κ3) is 3.54. The van der Waals surface area contributed by atoms with Crippen LogP contribution in [0.15, 0.2) is 0 Å². The maximum atomic E-state index is 13.0. The van der Waals surface area contributed by atoms with Crippen LogP contribution in [-0.2, 0) is 4.79 Å². The molecule has 7 heteroatoms. The first-order valence-corrected chi connectivity index (χ1v) is 6.68. The topological polar surface area (TPSA) is 23.6 Å². The Morgan fingerprint density at radius 3 is 2.26 bits per heavy atom. The van der Waals surface area contributed by atoms with Crippen LogP contribution in [0.25, 0.3) is 0 Å². The standard InChI is InChI=1S/C12H20ClF3N2O/c1-8-5-18(10(19)11(2,3)7-13)6-9(17(8)4)12(14,15)16/h8-9H,5-7H2,1-4H3. The minimum Gasteiger partial charge on any atom is -0.339 e. The average molecular weight is 301 g/mol. The highest BCUT2D eigenvalue weighted by Gasteiger charge is 2.49. The van der Waals surface area contributed by atoms with E-state index in [0.717, 1.165) is 0 Å². The van der Waals surface area contributed by atoms with Gasteiger partial charge in [0.05, 0.1) is 5.41 Å². The van der Waals surface area contributed by atoms with Crippen molar-refractivity contribution in [1.29, 1.82) is 0 Å². The van der Waals surface area contributed by atoms with Crippen molar-refractivity contribution < 1.29 is 18.0 Å². The molecule has 1 heterocycles. The molecule has 1 fully saturated rings. The predicted octanol–water partition coefficient (Wildman–Crippen LogP) is 2.34. The van der Waals surface area contributed by atoms with Gasteiger partial charge in [-0.15, -0.1) is 11.6 Å². The summed E-state index contributed by atoms with van der Waals surface area (Å²) in [5.74, 6) is -0.236. The summed E-state index contributed by atoms with van der Waals surface area (Å²) >= 11 is 5.72. The van der Waals surface area contributed by atoms with Gasteiger partial charge in [-0.3, -0.25) is 9.69 Å². The zero-order valence-corrected chi connectivity index (χ0v) is 12.3. The molecule has 0 bridgehead atoms. The van der Waals surface area contributed by atoms with E-state index in [-0.39, 0.29) is 24.4 Å². The summed E-state index contributed by atoms with van der Waals surface area (Å²) in [6.45, 7) is 4.94. The molecule has 0 aromatic heterocycles. The summed E-state index contributed by atoms with van der Waals surface area (Å²) in [5.41, 5.74) is -0.840. The molecule has 3 nitrogen and oxygen atoms in total. The highest BCUT2D eigenvalue weighted by molar-refractivity contribution is 6.19. The van der Waals surface area contributed by atoms with Gasteiger partial charge in [-0.1, -0.05) is 0 Å². The number of alkyl halides is 4. The molecule has 1 amide bonds. The van der Waals surface area contributed by atoms with Gasteiger partial charge in [-0.05, 0) is 27.8 Å². The van der Waals surface area contributed by atoms with E-state index in [1.54, 1.807) is 20.8 Å². The summed E-state index contributed by atoms with van der Waals surface area (Å²) in [4.78, 5) is 14.8. The smallest absolute Gasteiger partial charge is 0.339 e. The van der Waals surface area contributed by atoms with Crippen molar-refractivity contribution in [2.75, 3.05) is 26.0 Å². The first kappa shape index (κ1) is 16.6. The van der Waals surface area contributed by atoms with Gasteiger partial charge in [-0.2, -0.15) is 13.2 Å². The number of likely N-dealkylation sites (N-methyl/N-ethyl adjacent to an activating group) is 1. The average Bonchev–Trinajstić information content (AvgIpc) is 2.29. The minimum absolute atomic E-state index is 0.0865. The molecule has 0 aliphatic carbocycles. The number of halogens is 4. The number of rotatable bonds is 2. The van der Waals surface area contributed by atoms with Crippen molar-refractivity contribution in [2.45, 2.75) is 39.0 Å². The van der Waals surface area contributed by atoms with Crippen molar-refractivity contribution in [3.63, 3.8) is 0 Å². The van der Waals surface area contributed by atoms with Gasteiger partial charge >= 0.3 is 6.18 Å². The number of carbonyl (C=O) groups excluding carboxylic acids is 1. The van der Waals surface area contributed by atoms with Crippen LogP contribution in [0.5, 0.6) is 0 Å². The Kier molecular flexibility index (Phi) is 4.78. The predicted molar refractivity (Wildman–Crippen MR) is 68.1 cm³/mol. The fourth-order valence-corrected chi connectivity index (χ4v) is 2.27. The Hall–Kier alpha value is -0.490. The molecular formula is C12H20ClF3N2O. The molecule has 2 unspecified atom stereocenters. The van der Waals surface area contributed by atoms with Gasteiger partial charge < -0.3 is 4.90 Å². The molecule has 1 rings (SSSR count). The molecule has 0 aromatic carbocycles. The molecular weight excluding hydrogens is 281 g/mol. The summed E-state index contributed by atoms with van der Waals surface area (Å²) in [6, 6.07) is -1.96. The number of piperazine rings is 1. The van der Waals surface area contributed by atoms with Crippen LogP contribution in [-0.4, -0.2) is 60.0 Å². The lowest BCUT2D eigenvalue weighted by Gasteiger charge is -2.45. The van der Waals surface area contributed by atoms with E-state index in [9.17, 15) is 18.0 Å². The number of carbonyl (C=O) groups is 1. The summed E-state index contributed by atoms with van der Waals surface area (Å²) in [7, 11) is 1.44. The van der Waals surface area contributed by atoms with Crippen molar-refractivity contribution in [3.8, 4) is 0 Å². The van der Waals surface area contributed by atoms with E-state index < -0.39 is 17.6 Å². The van der Waals surface area contributed by atoms with Crippen LogP contribution in [0.3, 0.4) is 0 Å². The van der Waals surface area contributed by atoms with Gasteiger partial charge in [-0.25, -0.2) is 0 Å². The van der Waals surface area contributed by atoms with Crippen molar-refractivity contribution in [3.05, 3.63) is 0 Å². The zero-order chi connectivity index (χ0) is 15.0. The molecule has 1 aliphatic heterocycles. The van der Waals surface area contributed by atoms with E-state index in [1.807, 2.05) is 0 Å². The van der Waals surface area contributed by atoms with Crippen molar-refractivity contribution in [2.24, 2.45) is 5.41 Å². The van der Waals surface area contributed by atoms with Crippen molar-refractivity contribution >= 4 is 17.5 Å². The number of nitrogens with zero attached hydrogens (tertiary/aromatic N) is 2. The highest BCUT2D eigenvalue weighted by atomic mass is 35.5. The Bertz CT molecular complexity index is 346.